The van der Waals surface area contributed by atoms with Gasteiger partial charge in [0.15, 0.2) is 0 Å². The van der Waals surface area contributed by atoms with Crippen molar-refractivity contribution in [3.63, 3.8) is 0 Å². The molecule has 0 atom stereocenters. The highest BCUT2D eigenvalue weighted by molar-refractivity contribution is 6.33. The number of pyridine rings is 1. The Morgan fingerprint density at radius 1 is 1.07 bits per heavy atom. The fourth-order valence-electron chi connectivity index (χ4n) is 2.86. The number of ether oxygens (including phenoxy) is 1. The summed E-state index contributed by atoms with van der Waals surface area (Å²) in [5.74, 6) is 0.519. The van der Waals surface area contributed by atoms with E-state index in [2.05, 4.69) is 15.6 Å². The minimum atomic E-state index is -0.243. The van der Waals surface area contributed by atoms with Gasteiger partial charge in [0.2, 0.25) is 0 Å². The highest BCUT2D eigenvalue weighted by Crippen LogP contribution is 2.30. The van der Waals surface area contributed by atoms with Crippen molar-refractivity contribution >= 4 is 34.6 Å². The van der Waals surface area contributed by atoms with Gasteiger partial charge in [0, 0.05) is 11.9 Å². The molecular formula is C22H22ClN3O2. The fraction of sp³-hybridized carbons (Fsp3) is 0.182. The van der Waals surface area contributed by atoms with Crippen LogP contribution in [0, 0.1) is 13.8 Å². The number of aryl methyl sites for hydroxylation is 2. The molecule has 0 saturated carbocycles. The predicted octanol–water partition coefficient (Wildman–Crippen LogP) is 5.75. The molecule has 0 fully saturated rings. The average molecular weight is 396 g/mol. The van der Waals surface area contributed by atoms with E-state index in [0.29, 0.717) is 28.6 Å². The SMILES string of the molecule is CCOc1ccc(NC(=O)c2cncc(Nc3c(C)cc(C)cc3Cl)c2)cc1. The molecule has 3 rings (SSSR count). The van der Waals surface area contributed by atoms with E-state index in [1.54, 1.807) is 24.4 Å². The highest BCUT2D eigenvalue weighted by Gasteiger charge is 2.10. The highest BCUT2D eigenvalue weighted by atomic mass is 35.5. The van der Waals surface area contributed by atoms with Crippen molar-refractivity contribution in [2.75, 3.05) is 17.2 Å². The van der Waals surface area contributed by atoms with Crippen molar-refractivity contribution in [3.05, 3.63) is 76.6 Å². The van der Waals surface area contributed by atoms with Crippen LogP contribution in [0.3, 0.4) is 0 Å². The molecule has 0 radical (unpaired) electrons. The van der Waals surface area contributed by atoms with Crippen LogP contribution < -0.4 is 15.4 Å². The molecule has 0 aliphatic rings. The first kappa shape index (κ1) is 19.7. The first-order chi connectivity index (χ1) is 13.5. The second kappa shape index (κ2) is 8.76. The summed E-state index contributed by atoms with van der Waals surface area (Å²) in [5, 5.41) is 6.74. The topological polar surface area (TPSA) is 63.2 Å². The van der Waals surface area contributed by atoms with Crippen molar-refractivity contribution in [3.8, 4) is 5.75 Å². The van der Waals surface area contributed by atoms with Crippen LogP contribution in [0.25, 0.3) is 0 Å². The molecule has 1 amide bonds. The average Bonchev–Trinajstić information content (AvgIpc) is 2.66. The minimum absolute atomic E-state index is 0.243. The number of hydrogen-bond acceptors (Lipinski definition) is 4. The molecule has 0 spiro atoms. The van der Waals surface area contributed by atoms with Gasteiger partial charge in [-0.25, -0.2) is 0 Å². The number of benzene rings is 2. The lowest BCUT2D eigenvalue weighted by molar-refractivity contribution is 0.102. The summed E-state index contributed by atoms with van der Waals surface area (Å²) in [7, 11) is 0. The lowest BCUT2D eigenvalue weighted by atomic mass is 10.1. The molecular weight excluding hydrogens is 374 g/mol. The Balaban J connectivity index is 1.74. The summed E-state index contributed by atoms with van der Waals surface area (Å²) in [5.41, 5.74) is 4.74. The molecule has 28 heavy (non-hydrogen) atoms. The van der Waals surface area contributed by atoms with E-state index in [0.717, 1.165) is 22.6 Å². The summed E-state index contributed by atoms with van der Waals surface area (Å²) >= 11 is 6.36. The van der Waals surface area contributed by atoms with E-state index >= 15 is 0 Å². The van der Waals surface area contributed by atoms with Gasteiger partial charge < -0.3 is 15.4 Å². The van der Waals surface area contributed by atoms with Gasteiger partial charge in [-0.3, -0.25) is 9.78 Å². The zero-order valence-corrected chi connectivity index (χ0v) is 16.8. The maximum absolute atomic E-state index is 12.6. The Bertz CT molecular complexity index is 964. The third-order valence-electron chi connectivity index (χ3n) is 4.12. The van der Waals surface area contributed by atoms with Gasteiger partial charge in [-0.15, -0.1) is 0 Å². The third kappa shape index (κ3) is 4.81. The zero-order chi connectivity index (χ0) is 20.1. The molecule has 1 aromatic heterocycles. The molecule has 2 aromatic carbocycles. The molecule has 5 nitrogen and oxygen atoms in total. The number of carbonyl (C=O) groups is 1. The molecule has 2 N–H and O–H groups in total. The normalized spacial score (nSPS) is 10.4. The number of rotatable bonds is 6. The summed E-state index contributed by atoms with van der Waals surface area (Å²) in [6.07, 6.45) is 3.18. The van der Waals surface area contributed by atoms with Gasteiger partial charge in [0.05, 0.1) is 34.8 Å². The number of nitrogens with zero attached hydrogens (tertiary/aromatic N) is 1. The number of anilines is 3. The Morgan fingerprint density at radius 2 is 1.82 bits per heavy atom. The molecule has 3 aromatic rings. The first-order valence-electron chi connectivity index (χ1n) is 8.99. The Hall–Kier alpha value is -3.05. The number of hydrogen-bond donors (Lipinski definition) is 2. The van der Waals surface area contributed by atoms with Crippen LogP contribution in [0.5, 0.6) is 5.75 Å². The summed E-state index contributed by atoms with van der Waals surface area (Å²) in [6, 6.07) is 12.9. The van der Waals surface area contributed by atoms with Crippen molar-refractivity contribution in [2.45, 2.75) is 20.8 Å². The number of nitrogens with one attached hydrogen (secondary N) is 2. The van der Waals surface area contributed by atoms with E-state index in [1.165, 1.54) is 6.20 Å². The maximum Gasteiger partial charge on any atom is 0.257 e. The molecule has 0 saturated heterocycles. The lowest BCUT2D eigenvalue weighted by Gasteiger charge is -2.13. The first-order valence-corrected chi connectivity index (χ1v) is 9.37. The summed E-state index contributed by atoms with van der Waals surface area (Å²) in [6.45, 7) is 6.50. The second-order valence-corrected chi connectivity index (χ2v) is 6.84. The van der Waals surface area contributed by atoms with Crippen molar-refractivity contribution in [1.82, 2.24) is 4.98 Å². The molecule has 0 aliphatic heterocycles. The summed E-state index contributed by atoms with van der Waals surface area (Å²) in [4.78, 5) is 16.7. The van der Waals surface area contributed by atoms with E-state index in [4.69, 9.17) is 16.3 Å². The number of halogens is 1. The number of amides is 1. The van der Waals surface area contributed by atoms with Gasteiger partial charge in [0.25, 0.3) is 5.91 Å². The van der Waals surface area contributed by atoms with Crippen LogP contribution in [0.15, 0.2) is 54.9 Å². The largest absolute Gasteiger partial charge is 0.494 e. The molecule has 0 unspecified atom stereocenters. The Morgan fingerprint density at radius 3 is 2.50 bits per heavy atom. The molecule has 0 aliphatic carbocycles. The monoisotopic (exact) mass is 395 g/mol. The Labute approximate surface area is 169 Å². The van der Waals surface area contributed by atoms with Crippen LogP contribution >= 0.6 is 11.6 Å². The lowest BCUT2D eigenvalue weighted by Crippen LogP contribution is -2.12. The maximum atomic E-state index is 12.6. The molecule has 6 heteroatoms. The standard InChI is InChI=1S/C22H22ClN3O2/c1-4-28-19-7-5-17(6-8-19)26-22(27)16-11-18(13-24-12-16)25-21-15(3)9-14(2)10-20(21)23/h5-13,25H,4H2,1-3H3,(H,26,27). The summed E-state index contributed by atoms with van der Waals surface area (Å²) < 4.78 is 5.41. The second-order valence-electron chi connectivity index (χ2n) is 6.44. The van der Waals surface area contributed by atoms with Crippen molar-refractivity contribution in [2.24, 2.45) is 0 Å². The van der Waals surface area contributed by atoms with Gasteiger partial charge in [-0.05, 0) is 68.3 Å². The van der Waals surface area contributed by atoms with Crippen LogP contribution in [-0.4, -0.2) is 17.5 Å². The molecule has 1 heterocycles. The van der Waals surface area contributed by atoms with Gasteiger partial charge in [0.1, 0.15) is 5.75 Å². The van der Waals surface area contributed by atoms with E-state index in [-0.39, 0.29) is 5.91 Å². The van der Waals surface area contributed by atoms with Crippen molar-refractivity contribution in [1.29, 1.82) is 0 Å². The molecule has 144 valence electrons. The third-order valence-corrected chi connectivity index (χ3v) is 4.42. The predicted molar refractivity (Wildman–Crippen MR) is 114 cm³/mol. The van der Waals surface area contributed by atoms with Gasteiger partial charge in [-0.2, -0.15) is 0 Å². The minimum Gasteiger partial charge on any atom is -0.494 e. The van der Waals surface area contributed by atoms with Crippen LogP contribution in [0.4, 0.5) is 17.1 Å². The van der Waals surface area contributed by atoms with Crippen LogP contribution in [0.1, 0.15) is 28.4 Å². The van der Waals surface area contributed by atoms with Crippen LogP contribution in [-0.2, 0) is 0 Å². The number of carbonyl (C=O) groups excluding carboxylic acids is 1. The fourth-order valence-corrected chi connectivity index (χ4v) is 3.22. The van der Waals surface area contributed by atoms with E-state index in [9.17, 15) is 4.79 Å². The number of aromatic nitrogens is 1. The smallest absolute Gasteiger partial charge is 0.257 e. The van der Waals surface area contributed by atoms with Crippen LogP contribution in [0.2, 0.25) is 5.02 Å². The van der Waals surface area contributed by atoms with E-state index in [1.807, 2.05) is 45.0 Å². The quantitative estimate of drug-likeness (QED) is 0.558. The van der Waals surface area contributed by atoms with Gasteiger partial charge in [-0.1, -0.05) is 17.7 Å². The molecule has 0 bridgehead atoms. The van der Waals surface area contributed by atoms with Crippen molar-refractivity contribution < 1.29 is 9.53 Å². The van der Waals surface area contributed by atoms with Gasteiger partial charge >= 0.3 is 0 Å². The Kier molecular flexibility index (Phi) is 6.16. The van der Waals surface area contributed by atoms with E-state index < -0.39 is 0 Å². The zero-order valence-electron chi connectivity index (χ0n) is 16.0.